The Kier molecular flexibility index (Phi) is 101. The van der Waals surface area contributed by atoms with Crippen LogP contribution < -0.4 is 0 Å². The van der Waals surface area contributed by atoms with Gasteiger partial charge in [0.15, 0.2) is 0 Å². The van der Waals surface area contributed by atoms with E-state index in [1.54, 1.807) is 28.2 Å². The number of nitrogens with zero attached hydrogens (tertiary/aromatic N) is 2. The van der Waals surface area contributed by atoms with Crippen molar-refractivity contribution in [3.05, 3.63) is 10.6 Å². The van der Waals surface area contributed by atoms with Gasteiger partial charge < -0.3 is 10.6 Å². The molecule has 0 spiro atoms. The summed E-state index contributed by atoms with van der Waals surface area (Å²) in [5, 5.41) is 7.00. The minimum absolute atomic E-state index is 0. The van der Waals surface area contributed by atoms with Crippen LogP contribution in [0.4, 0.5) is 0 Å². The Balaban J connectivity index is -0.0000000160. The van der Waals surface area contributed by atoms with Gasteiger partial charge in [0.25, 0.3) is 0 Å². The van der Waals surface area contributed by atoms with Gasteiger partial charge in [-0.05, 0) is 0 Å². The van der Waals surface area contributed by atoms with Gasteiger partial charge in [-0.1, -0.05) is 0 Å². The summed E-state index contributed by atoms with van der Waals surface area (Å²) in [5.41, 5.74) is 0. The van der Waals surface area contributed by atoms with Gasteiger partial charge >= 0.3 is 0 Å². The van der Waals surface area contributed by atoms with E-state index in [0.717, 1.165) is 0 Å². The molecule has 0 rings (SSSR count). The van der Waals surface area contributed by atoms with E-state index in [1.165, 1.54) is 0 Å². The number of halogens is 1. The third-order valence-electron chi connectivity index (χ3n) is 0. The molecule has 0 aliphatic carbocycles. The Morgan fingerprint density at radius 3 is 0.750 bits per heavy atom. The molecule has 0 radical (unpaired) electrons. The molecule has 0 N–H and O–H groups in total. The predicted molar refractivity (Wildman–Crippen MR) is 45.8 cm³/mol. The van der Waals surface area contributed by atoms with Crippen molar-refractivity contribution in [2.45, 2.75) is 0 Å². The minimum Gasteiger partial charge on any atom is -0.668 e. The van der Waals surface area contributed by atoms with Crippen LogP contribution in [-0.4, -0.2) is 28.2 Å². The quantitative estimate of drug-likeness (QED) is 0.590. The molecule has 0 aromatic rings. The van der Waals surface area contributed by atoms with Crippen molar-refractivity contribution in [3.8, 4) is 0 Å². The molecule has 8 heavy (non-hydrogen) atoms. The van der Waals surface area contributed by atoms with Crippen molar-refractivity contribution in [2.24, 2.45) is 0 Å². The summed E-state index contributed by atoms with van der Waals surface area (Å²) in [5.74, 6) is 0. The first-order valence-electron chi connectivity index (χ1n) is 1.79. The second-order valence-corrected chi connectivity index (χ2v) is 0.894. The summed E-state index contributed by atoms with van der Waals surface area (Å²) in [6.07, 6.45) is 0. The molecule has 0 amide bonds. The van der Waals surface area contributed by atoms with E-state index in [0.29, 0.717) is 0 Å². The molecule has 0 aliphatic rings. The fourth-order valence-electron chi connectivity index (χ4n) is 0. The molecule has 0 saturated carbocycles. The largest absolute Gasteiger partial charge is 0.668 e. The fraction of sp³-hybridized carbons (Fsp3) is 1.00. The van der Waals surface area contributed by atoms with E-state index in [2.05, 4.69) is 10.6 Å². The second-order valence-electron chi connectivity index (χ2n) is 0.894. The van der Waals surface area contributed by atoms with Crippen LogP contribution in [0.3, 0.4) is 0 Å². The van der Waals surface area contributed by atoms with Crippen LogP contribution in [0.25, 0.3) is 10.6 Å². The van der Waals surface area contributed by atoms with Gasteiger partial charge in [-0.15, -0.1) is 24.0 Å². The molecule has 0 aliphatic heterocycles. The second kappa shape index (κ2) is 36.0. The third kappa shape index (κ3) is 98.0. The van der Waals surface area contributed by atoms with Crippen LogP contribution in [0, 0.1) is 40.8 Å². The average molecular weight is 360 g/mol. The monoisotopic (exact) mass is 358 g/mol. The van der Waals surface area contributed by atoms with Crippen LogP contribution in [0.2, 0.25) is 0 Å². The van der Waals surface area contributed by atoms with Crippen LogP contribution in [0.1, 0.15) is 0 Å². The van der Waals surface area contributed by atoms with Crippen molar-refractivity contribution in [1.29, 1.82) is 0 Å². The summed E-state index contributed by atoms with van der Waals surface area (Å²) in [7, 11) is 7.00. The van der Waals surface area contributed by atoms with Crippen molar-refractivity contribution in [3.63, 3.8) is 0 Å². The van der Waals surface area contributed by atoms with Gasteiger partial charge in [0.2, 0.25) is 0 Å². The molecular weight excluding hydrogens is 347 g/mol. The summed E-state index contributed by atoms with van der Waals surface area (Å²) >= 11 is 0. The molecule has 0 fully saturated rings. The normalized spacial score (nSPS) is 4.50. The first-order chi connectivity index (χ1) is 2.83. The summed E-state index contributed by atoms with van der Waals surface area (Å²) < 4.78 is 0. The zero-order chi connectivity index (χ0) is 5.41. The molecule has 4 heteroatoms. The Hall–Kier alpha value is 2.00. The summed E-state index contributed by atoms with van der Waals surface area (Å²) in [4.78, 5) is 0. The minimum atomic E-state index is 0. The Morgan fingerprint density at radius 1 is 0.750 bits per heavy atom. The SMILES string of the molecule is C[N-]C.C[N-]C.I.[Nd]. The van der Waals surface area contributed by atoms with E-state index >= 15 is 0 Å². The van der Waals surface area contributed by atoms with Crippen LogP contribution in [0.15, 0.2) is 0 Å². The summed E-state index contributed by atoms with van der Waals surface area (Å²) in [6.45, 7) is 0. The molecule has 0 atom stereocenters. The Morgan fingerprint density at radius 2 is 0.750 bits per heavy atom. The first kappa shape index (κ1) is 22.5. The van der Waals surface area contributed by atoms with E-state index < -0.39 is 0 Å². The van der Waals surface area contributed by atoms with Gasteiger partial charge in [0.1, 0.15) is 0 Å². The molecule has 0 heterocycles. The number of hydrogen-bond acceptors (Lipinski definition) is 0. The molecule has 0 unspecified atom stereocenters. The van der Waals surface area contributed by atoms with Crippen molar-refractivity contribution >= 4 is 24.0 Å². The molecule has 0 aromatic carbocycles. The van der Waals surface area contributed by atoms with E-state index in [-0.39, 0.29) is 64.8 Å². The van der Waals surface area contributed by atoms with E-state index in [1.807, 2.05) is 0 Å². The standard InChI is InChI=1S/2C2H6N.HI.Nd/c2*1-3-2;;/h2*1-2H3;1H;/q2*-1;;. The summed E-state index contributed by atoms with van der Waals surface area (Å²) in [6, 6.07) is 0. The smallest absolute Gasteiger partial charge is 0 e. The van der Waals surface area contributed by atoms with Crippen molar-refractivity contribution < 1.29 is 40.8 Å². The fourth-order valence-corrected chi connectivity index (χ4v) is 0. The molecule has 2 nitrogen and oxygen atoms in total. The number of hydrogen-bond donors (Lipinski definition) is 0. The van der Waals surface area contributed by atoms with Crippen LogP contribution >= 0.6 is 24.0 Å². The maximum atomic E-state index is 3.50. The van der Waals surface area contributed by atoms with Gasteiger partial charge in [-0.3, -0.25) is 0 Å². The first-order valence-corrected chi connectivity index (χ1v) is 1.79. The average Bonchev–Trinajstić information content (AvgIpc) is 1.39. The van der Waals surface area contributed by atoms with Crippen molar-refractivity contribution in [2.75, 3.05) is 28.2 Å². The zero-order valence-electron chi connectivity index (χ0n) is 5.80. The van der Waals surface area contributed by atoms with Crippen LogP contribution in [-0.2, 0) is 0 Å². The van der Waals surface area contributed by atoms with Crippen LogP contribution in [0.5, 0.6) is 0 Å². The molecule has 0 bridgehead atoms. The molecular formula is C4H13IN2Nd-2. The molecule has 0 aromatic heterocycles. The van der Waals surface area contributed by atoms with Gasteiger partial charge in [0.05, 0.1) is 0 Å². The topological polar surface area (TPSA) is 28.2 Å². The molecule has 0 saturated heterocycles. The van der Waals surface area contributed by atoms with Gasteiger partial charge in [0, 0.05) is 40.8 Å². The van der Waals surface area contributed by atoms with E-state index in [4.69, 9.17) is 0 Å². The third-order valence-corrected chi connectivity index (χ3v) is 0. The van der Waals surface area contributed by atoms with Gasteiger partial charge in [-0.2, -0.15) is 28.2 Å². The Labute approximate surface area is 102 Å². The zero-order valence-corrected chi connectivity index (χ0v) is 11.3. The maximum Gasteiger partial charge on any atom is 0 e. The van der Waals surface area contributed by atoms with Gasteiger partial charge in [-0.25, -0.2) is 0 Å². The Bertz CT molecular complexity index is 16.0. The molecule has 52 valence electrons. The maximum absolute atomic E-state index is 3.50. The van der Waals surface area contributed by atoms with Crippen molar-refractivity contribution in [1.82, 2.24) is 0 Å². The predicted octanol–water partition coefficient (Wildman–Crippen LogP) is 1.86. The number of rotatable bonds is 0. The van der Waals surface area contributed by atoms with E-state index in [9.17, 15) is 0 Å².